The number of benzene rings is 1. The lowest BCUT2D eigenvalue weighted by Crippen LogP contribution is -2.20. The lowest BCUT2D eigenvalue weighted by Gasteiger charge is -2.20. The number of fused-ring (bicyclic) bond motifs is 3. The second kappa shape index (κ2) is 6.44. The number of carbonyl (C=O) groups is 1. The zero-order chi connectivity index (χ0) is 16.5. The summed E-state index contributed by atoms with van der Waals surface area (Å²) in [6, 6.07) is 14.1. The van der Waals surface area contributed by atoms with Crippen molar-refractivity contribution in [1.29, 1.82) is 0 Å². The van der Waals surface area contributed by atoms with Crippen LogP contribution in [0.3, 0.4) is 0 Å². The van der Waals surface area contributed by atoms with E-state index in [0.29, 0.717) is 11.7 Å². The minimum atomic E-state index is 0.151. The van der Waals surface area contributed by atoms with Crippen LogP contribution in [0.4, 0.5) is 0 Å². The van der Waals surface area contributed by atoms with Crippen molar-refractivity contribution in [3.05, 3.63) is 59.9 Å². The average Bonchev–Trinajstić information content (AvgIpc) is 2.94. The zero-order valence-electron chi connectivity index (χ0n) is 13.7. The molecule has 1 aromatic carbocycles. The number of pyridine rings is 1. The minimum absolute atomic E-state index is 0.151. The van der Waals surface area contributed by atoms with Crippen LogP contribution in [0, 0.1) is 5.92 Å². The summed E-state index contributed by atoms with van der Waals surface area (Å²) in [5.74, 6) is 1.25. The predicted octanol–water partition coefficient (Wildman–Crippen LogP) is 4.59. The summed E-state index contributed by atoms with van der Waals surface area (Å²) in [4.78, 5) is 17.3. The summed E-state index contributed by atoms with van der Waals surface area (Å²) in [5.41, 5.74) is 3.66. The highest BCUT2D eigenvalue weighted by atomic mass is 32.2. The summed E-state index contributed by atoms with van der Waals surface area (Å²) in [6.07, 6.45) is 4.99. The lowest BCUT2D eigenvalue weighted by molar-refractivity contribution is 0.0943. The van der Waals surface area contributed by atoms with E-state index in [-0.39, 0.29) is 5.91 Å². The highest BCUT2D eigenvalue weighted by Crippen LogP contribution is 2.34. The Hall–Kier alpha value is -2.07. The first-order chi connectivity index (χ1) is 11.7. The Morgan fingerprint density at radius 3 is 2.92 bits per heavy atom. The average molecular weight is 336 g/mol. The molecule has 2 aromatic heterocycles. The van der Waals surface area contributed by atoms with Crippen LogP contribution in [0.5, 0.6) is 0 Å². The standard InChI is InChI=1S/C20H20N2OS/c1-14-9-10-18-16(12-14)15-6-2-3-7-17(15)22(18)20(23)13-24-19-8-4-5-11-21-19/h2-8,11,14H,9-10,12-13H2,1H3/t14-/m0/s1. The summed E-state index contributed by atoms with van der Waals surface area (Å²) in [6.45, 7) is 2.30. The fraction of sp³-hybridized carbons (Fsp3) is 0.300. The molecule has 24 heavy (non-hydrogen) atoms. The van der Waals surface area contributed by atoms with Crippen molar-refractivity contribution < 1.29 is 4.79 Å². The zero-order valence-corrected chi connectivity index (χ0v) is 14.6. The van der Waals surface area contributed by atoms with Crippen molar-refractivity contribution in [2.24, 2.45) is 5.92 Å². The van der Waals surface area contributed by atoms with Crippen molar-refractivity contribution in [1.82, 2.24) is 9.55 Å². The number of hydrogen-bond donors (Lipinski definition) is 0. The van der Waals surface area contributed by atoms with E-state index in [9.17, 15) is 4.79 Å². The van der Waals surface area contributed by atoms with Gasteiger partial charge < -0.3 is 0 Å². The van der Waals surface area contributed by atoms with Gasteiger partial charge in [-0.3, -0.25) is 9.36 Å². The third-order valence-corrected chi connectivity index (χ3v) is 5.67. The summed E-state index contributed by atoms with van der Waals surface area (Å²) in [5, 5.41) is 2.14. The first-order valence-electron chi connectivity index (χ1n) is 8.42. The van der Waals surface area contributed by atoms with Crippen LogP contribution < -0.4 is 0 Å². The SMILES string of the molecule is C[C@H]1CCc2c(c3ccccc3n2C(=O)CSc2ccccn2)C1. The molecular weight excluding hydrogens is 316 g/mol. The van der Waals surface area contributed by atoms with Crippen molar-refractivity contribution in [2.45, 2.75) is 31.2 Å². The molecule has 0 aliphatic heterocycles. The molecule has 1 aliphatic carbocycles. The van der Waals surface area contributed by atoms with Gasteiger partial charge in [0.2, 0.25) is 5.91 Å². The maximum absolute atomic E-state index is 13.0. The maximum atomic E-state index is 13.0. The molecule has 122 valence electrons. The van der Waals surface area contributed by atoms with Crippen LogP contribution in [0.2, 0.25) is 0 Å². The van der Waals surface area contributed by atoms with Gasteiger partial charge >= 0.3 is 0 Å². The Morgan fingerprint density at radius 1 is 1.25 bits per heavy atom. The number of carbonyl (C=O) groups excluding carboxylic acids is 1. The molecule has 0 spiro atoms. The van der Waals surface area contributed by atoms with Crippen LogP contribution in [0.15, 0.2) is 53.7 Å². The normalized spacial score (nSPS) is 17.0. The topological polar surface area (TPSA) is 34.9 Å². The number of hydrogen-bond acceptors (Lipinski definition) is 3. The van der Waals surface area contributed by atoms with Crippen LogP contribution in [-0.2, 0) is 12.8 Å². The molecule has 1 atom stereocenters. The molecule has 0 saturated heterocycles. The second-order valence-electron chi connectivity index (χ2n) is 6.48. The number of para-hydroxylation sites is 1. The van der Waals surface area contributed by atoms with Crippen molar-refractivity contribution in [3.63, 3.8) is 0 Å². The van der Waals surface area contributed by atoms with E-state index in [1.807, 2.05) is 28.8 Å². The monoisotopic (exact) mass is 336 g/mol. The van der Waals surface area contributed by atoms with Crippen molar-refractivity contribution in [2.75, 3.05) is 5.75 Å². The van der Waals surface area contributed by atoms with Crippen LogP contribution in [0.1, 0.15) is 29.4 Å². The number of thioether (sulfide) groups is 1. The number of aromatic nitrogens is 2. The van der Waals surface area contributed by atoms with Crippen molar-refractivity contribution >= 4 is 28.6 Å². The second-order valence-corrected chi connectivity index (χ2v) is 7.47. The van der Waals surface area contributed by atoms with E-state index in [1.54, 1.807) is 6.20 Å². The largest absolute Gasteiger partial charge is 0.283 e. The highest BCUT2D eigenvalue weighted by molar-refractivity contribution is 7.99. The molecule has 3 aromatic rings. The molecule has 4 rings (SSSR count). The predicted molar refractivity (Wildman–Crippen MR) is 98.7 cm³/mol. The van der Waals surface area contributed by atoms with Crippen LogP contribution in [-0.4, -0.2) is 21.2 Å². The molecule has 0 bridgehead atoms. The molecule has 0 saturated carbocycles. The fourth-order valence-corrected chi connectivity index (χ4v) is 4.31. The summed E-state index contributed by atoms with van der Waals surface area (Å²) >= 11 is 1.51. The van der Waals surface area contributed by atoms with Gasteiger partial charge in [-0.25, -0.2) is 4.98 Å². The van der Waals surface area contributed by atoms with Gasteiger partial charge in [-0.2, -0.15) is 0 Å². The molecule has 0 radical (unpaired) electrons. The molecule has 2 heterocycles. The molecular formula is C20H20N2OS. The van der Waals surface area contributed by atoms with Gasteiger partial charge in [0.05, 0.1) is 16.3 Å². The van der Waals surface area contributed by atoms with Gasteiger partial charge in [0.1, 0.15) is 0 Å². The lowest BCUT2D eigenvalue weighted by atomic mass is 9.88. The van der Waals surface area contributed by atoms with E-state index < -0.39 is 0 Å². The van der Waals surface area contributed by atoms with E-state index in [4.69, 9.17) is 0 Å². The Bertz CT molecular complexity index is 885. The van der Waals surface area contributed by atoms with Gasteiger partial charge in [-0.15, -0.1) is 0 Å². The van der Waals surface area contributed by atoms with E-state index in [0.717, 1.165) is 29.8 Å². The number of nitrogens with zero attached hydrogens (tertiary/aromatic N) is 2. The molecule has 0 amide bonds. The molecule has 3 nitrogen and oxygen atoms in total. The van der Waals surface area contributed by atoms with Gasteiger partial charge in [-0.1, -0.05) is 43.0 Å². The molecule has 0 fully saturated rings. The molecule has 0 unspecified atom stereocenters. The van der Waals surface area contributed by atoms with Crippen LogP contribution >= 0.6 is 11.8 Å². The van der Waals surface area contributed by atoms with E-state index in [2.05, 4.69) is 30.1 Å². The quantitative estimate of drug-likeness (QED) is 0.656. The van der Waals surface area contributed by atoms with E-state index in [1.165, 1.54) is 28.4 Å². The molecule has 4 heteroatoms. The Labute approximate surface area is 146 Å². The first-order valence-corrected chi connectivity index (χ1v) is 9.41. The van der Waals surface area contributed by atoms with Gasteiger partial charge in [0, 0.05) is 17.3 Å². The van der Waals surface area contributed by atoms with Crippen molar-refractivity contribution in [3.8, 4) is 0 Å². The Morgan fingerprint density at radius 2 is 2.08 bits per heavy atom. The first kappa shape index (κ1) is 15.5. The smallest absolute Gasteiger partial charge is 0.241 e. The molecule has 1 aliphatic rings. The third-order valence-electron chi connectivity index (χ3n) is 4.75. The Kier molecular flexibility index (Phi) is 4.15. The number of rotatable bonds is 3. The minimum Gasteiger partial charge on any atom is -0.283 e. The van der Waals surface area contributed by atoms with Crippen LogP contribution in [0.25, 0.3) is 10.9 Å². The van der Waals surface area contributed by atoms with Gasteiger partial charge in [-0.05, 0) is 48.9 Å². The third kappa shape index (κ3) is 2.75. The Balaban J connectivity index is 1.69. The van der Waals surface area contributed by atoms with Gasteiger partial charge in [0.25, 0.3) is 0 Å². The fourth-order valence-electron chi connectivity index (χ4n) is 3.60. The summed E-state index contributed by atoms with van der Waals surface area (Å²) < 4.78 is 1.96. The summed E-state index contributed by atoms with van der Waals surface area (Å²) in [7, 11) is 0. The highest BCUT2D eigenvalue weighted by Gasteiger charge is 2.25. The van der Waals surface area contributed by atoms with Gasteiger partial charge in [0.15, 0.2) is 0 Å². The van der Waals surface area contributed by atoms with E-state index >= 15 is 0 Å². The maximum Gasteiger partial charge on any atom is 0.241 e. The molecule has 0 N–H and O–H groups in total.